The van der Waals surface area contributed by atoms with Crippen LogP contribution in [0, 0.1) is 0 Å². The average molecular weight is 386 g/mol. The van der Waals surface area contributed by atoms with Gasteiger partial charge in [0, 0.05) is 14.5 Å². The number of aromatic nitrogens is 4. The topological polar surface area (TPSA) is 94.4 Å². The number of H-pyrrole nitrogens is 3. The number of halogens is 2. The average Bonchev–Trinajstić information content (AvgIpc) is 2.72. The van der Waals surface area contributed by atoms with Crippen molar-refractivity contribution in [2.75, 3.05) is 0 Å². The molecule has 2 aromatic heterocycles. The van der Waals surface area contributed by atoms with Gasteiger partial charge < -0.3 is 4.98 Å². The number of benzene rings is 1. The molecule has 0 aliphatic carbocycles. The maximum atomic E-state index is 11.6. The summed E-state index contributed by atoms with van der Waals surface area (Å²) in [5.74, 6) is 0.502. The Morgan fingerprint density at radius 2 is 1.84 bits per heavy atom. The van der Waals surface area contributed by atoms with E-state index in [4.69, 9.17) is 0 Å². The predicted molar refractivity (Wildman–Crippen MR) is 78.2 cm³/mol. The van der Waals surface area contributed by atoms with Gasteiger partial charge in [-0.15, -0.1) is 0 Å². The summed E-state index contributed by atoms with van der Waals surface area (Å²) >= 11 is 6.79. The normalized spacial score (nSPS) is 11.1. The summed E-state index contributed by atoms with van der Waals surface area (Å²) in [5, 5.41) is 0. The van der Waals surface area contributed by atoms with E-state index >= 15 is 0 Å². The number of aromatic amines is 3. The Hall–Kier alpha value is -1.67. The molecular formula is C11H6Br2N4O2. The van der Waals surface area contributed by atoms with Crippen molar-refractivity contribution in [2.24, 2.45) is 0 Å². The van der Waals surface area contributed by atoms with Crippen LogP contribution >= 0.6 is 31.9 Å². The van der Waals surface area contributed by atoms with Crippen molar-refractivity contribution in [1.29, 1.82) is 0 Å². The number of nitrogens with one attached hydrogen (secondary N) is 3. The molecule has 0 aliphatic heterocycles. The fourth-order valence-corrected chi connectivity index (χ4v) is 2.98. The minimum atomic E-state index is -0.578. The van der Waals surface area contributed by atoms with Crippen LogP contribution in [0.2, 0.25) is 0 Å². The van der Waals surface area contributed by atoms with Gasteiger partial charge in [0.1, 0.15) is 11.3 Å². The van der Waals surface area contributed by atoms with E-state index in [-0.39, 0.29) is 11.2 Å². The Balaban J connectivity index is 2.29. The van der Waals surface area contributed by atoms with Gasteiger partial charge in [0.2, 0.25) is 0 Å². The second-order valence-electron chi connectivity index (χ2n) is 3.84. The van der Waals surface area contributed by atoms with E-state index in [1.807, 2.05) is 18.2 Å². The SMILES string of the molecule is O=c1[nH]c(=O)c2[nH]c(-c3ccc(Br)cc3Br)nc2[nH]1. The summed E-state index contributed by atoms with van der Waals surface area (Å²) in [6.45, 7) is 0. The fourth-order valence-electron chi connectivity index (χ4n) is 1.74. The lowest BCUT2D eigenvalue weighted by Gasteiger charge is -2.00. The zero-order valence-corrected chi connectivity index (χ0v) is 12.4. The zero-order valence-electron chi connectivity index (χ0n) is 9.25. The van der Waals surface area contributed by atoms with Crippen LogP contribution in [-0.2, 0) is 0 Å². The molecule has 0 unspecified atom stereocenters. The number of nitrogens with zero attached hydrogens (tertiary/aromatic N) is 1. The molecule has 3 rings (SSSR count). The third-order valence-corrected chi connectivity index (χ3v) is 3.73. The molecule has 0 bridgehead atoms. The van der Waals surface area contributed by atoms with Gasteiger partial charge in [-0.05, 0) is 34.1 Å². The van der Waals surface area contributed by atoms with Crippen molar-refractivity contribution in [3.8, 4) is 11.4 Å². The fraction of sp³-hybridized carbons (Fsp3) is 0. The summed E-state index contributed by atoms with van der Waals surface area (Å²) in [6, 6.07) is 5.58. The van der Waals surface area contributed by atoms with E-state index in [0.717, 1.165) is 14.5 Å². The number of rotatable bonds is 1. The Kier molecular flexibility index (Phi) is 2.90. The van der Waals surface area contributed by atoms with Crippen molar-refractivity contribution in [3.05, 3.63) is 48.0 Å². The first-order chi connectivity index (χ1) is 9.04. The molecule has 0 amide bonds. The molecule has 19 heavy (non-hydrogen) atoms. The summed E-state index contributed by atoms with van der Waals surface area (Å²) in [5.41, 5.74) is 0.193. The van der Waals surface area contributed by atoms with E-state index in [0.29, 0.717) is 5.82 Å². The van der Waals surface area contributed by atoms with Crippen molar-refractivity contribution in [2.45, 2.75) is 0 Å². The first kappa shape index (κ1) is 12.4. The molecule has 0 saturated heterocycles. The monoisotopic (exact) mass is 384 g/mol. The first-order valence-corrected chi connectivity index (χ1v) is 6.81. The molecule has 0 radical (unpaired) electrons. The molecular weight excluding hydrogens is 380 g/mol. The second kappa shape index (κ2) is 4.46. The van der Waals surface area contributed by atoms with E-state index in [1.54, 1.807) is 0 Å². The Labute approximate surface area is 122 Å². The van der Waals surface area contributed by atoms with Gasteiger partial charge in [-0.25, -0.2) is 9.78 Å². The molecule has 96 valence electrons. The molecule has 0 aliphatic rings. The maximum Gasteiger partial charge on any atom is 0.327 e. The third-order valence-electron chi connectivity index (χ3n) is 2.58. The van der Waals surface area contributed by atoms with Gasteiger partial charge in [-0.3, -0.25) is 14.8 Å². The smallest absolute Gasteiger partial charge is 0.327 e. The number of imidazole rings is 1. The Morgan fingerprint density at radius 3 is 2.58 bits per heavy atom. The van der Waals surface area contributed by atoms with Crippen LogP contribution in [0.4, 0.5) is 0 Å². The molecule has 2 heterocycles. The van der Waals surface area contributed by atoms with Crippen LogP contribution in [0.5, 0.6) is 0 Å². The second-order valence-corrected chi connectivity index (χ2v) is 5.61. The highest BCUT2D eigenvalue weighted by atomic mass is 79.9. The van der Waals surface area contributed by atoms with E-state index in [2.05, 4.69) is 51.8 Å². The third kappa shape index (κ3) is 2.17. The van der Waals surface area contributed by atoms with Gasteiger partial charge >= 0.3 is 5.69 Å². The van der Waals surface area contributed by atoms with Gasteiger partial charge in [0.25, 0.3) is 5.56 Å². The van der Waals surface area contributed by atoms with Crippen LogP contribution in [-0.4, -0.2) is 19.9 Å². The van der Waals surface area contributed by atoms with Gasteiger partial charge in [-0.2, -0.15) is 0 Å². The van der Waals surface area contributed by atoms with Crippen LogP contribution in [0.15, 0.2) is 36.7 Å². The minimum Gasteiger partial charge on any atom is -0.332 e. The van der Waals surface area contributed by atoms with Crippen LogP contribution in [0.1, 0.15) is 0 Å². The largest absolute Gasteiger partial charge is 0.332 e. The standard InChI is InChI=1S/C11H6Br2N4O2/c12-4-1-2-5(6(13)3-4)8-14-7-9(15-8)16-11(19)17-10(7)18/h1-3H,(H3,14,15,16,17,18,19). The first-order valence-electron chi connectivity index (χ1n) is 5.22. The highest BCUT2D eigenvalue weighted by Crippen LogP contribution is 2.29. The molecule has 0 spiro atoms. The minimum absolute atomic E-state index is 0.235. The predicted octanol–water partition coefficient (Wildman–Crippen LogP) is 2.13. The summed E-state index contributed by atoms with van der Waals surface area (Å²) < 4.78 is 1.74. The van der Waals surface area contributed by atoms with E-state index in [9.17, 15) is 9.59 Å². The molecule has 0 fully saturated rings. The highest BCUT2D eigenvalue weighted by molar-refractivity contribution is 9.11. The summed E-state index contributed by atoms with van der Waals surface area (Å²) in [7, 11) is 0. The summed E-state index contributed by atoms with van der Waals surface area (Å²) in [6.07, 6.45) is 0. The van der Waals surface area contributed by atoms with E-state index in [1.165, 1.54) is 0 Å². The lowest BCUT2D eigenvalue weighted by molar-refractivity contribution is 1.07. The lowest BCUT2D eigenvalue weighted by Crippen LogP contribution is -2.21. The van der Waals surface area contributed by atoms with Crippen molar-refractivity contribution >= 4 is 43.0 Å². The molecule has 8 heteroatoms. The molecule has 1 aromatic carbocycles. The highest BCUT2D eigenvalue weighted by Gasteiger charge is 2.11. The number of fused-ring (bicyclic) bond motifs is 1. The molecule has 3 aromatic rings. The quantitative estimate of drug-likeness (QED) is 0.598. The maximum absolute atomic E-state index is 11.6. The van der Waals surface area contributed by atoms with Crippen LogP contribution in [0.25, 0.3) is 22.6 Å². The zero-order chi connectivity index (χ0) is 13.6. The van der Waals surface area contributed by atoms with Crippen molar-refractivity contribution in [3.63, 3.8) is 0 Å². The molecule has 3 N–H and O–H groups in total. The van der Waals surface area contributed by atoms with Gasteiger partial charge in [-0.1, -0.05) is 15.9 Å². The van der Waals surface area contributed by atoms with Gasteiger partial charge in [0.05, 0.1) is 0 Å². The molecule has 6 nitrogen and oxygen atoms in total. The van der Waals surface area contributed by atoms with Crippen molar-refractivity contribution < 1.29 is 0 Å². The summed E-state index contributed by atoms with van der Waals surface area (Å²) in [4.78, 5) is 34.5. The number of hydrogen-bond donors (Lipinski definition) is 3. The number of hydrogen-bond acceptors (Lipinski definition) is 3. The van der Waals surface area contributed by atoms with Crippen LogP contribution < -0.4 is 11.2 Å². The van der Waals surface area contributed by atoms with E-state index < -0.39 is 11.2 Å². The van der Waals surface area contributed by atoms with Crippen molar-refractivity contribution in [1.82, 2.24) is 19.9 Å². The molecule has 0 atom stereocenters. The van der Waals surface area contributed by atoms with Gasteiger partial charge in [0.15, 0.2) is 5.65 Å². The molecule has 0 saturated carbocycles. The lowest BCUT2D eigenvalue weighted by atomic mass is 10.2. The Morgan fingerprint density at radius 1 is 1.05 bits per heavy atom. The Bertz CT molecular complexity index is 894. The van der Waals surface area contributed by atoms with Crippen LogP contribution in [0.3, 0.4) is 0 Å².